The van der Waals surface area contributed by atoms with Gasteiger partial charge in [0.05, 0.1) is 21.7 Å². The first-order valence-electron chi connectivity index (χ1n) is 8.54. The van der Waals surface area contributed by atoms with Gasteiger partial charge in [0, 0.05) is 16.5 Å². The first kappa shape index (κ1) is 20.2. The van der Waals surface area contributed by atoms with E-state index in [4.69, 9.17) is 16.3 Å². The highest BCUT2D eigenvalue weighted by atomic mass is 35.5. The first-order chi connectivity index (χ1) is 13.8. The van der Waals surface area contributed by atoms with Crippen LogP contribution in [0.15, 0.2) is 42.5 Å². The Bertz CT molecular complexity index is 1150. The fourth-order valence-corrected chi connectivity index (χ4v) is 3.15. The molecule has 0 saturated carbocycles. The summed E-state index contributed by atoms with van der Waals surface area (Å²) in [7, 11) is 0. The molecule has 0 aliphatic carbocycles. The summed E-state index contributed by atoms with van der Waals surface area (Å²) in [5, 5.41) is 14.4. The summed E-state index contributed by atoms with van der Waals surface area (Å²) in [5.74, 6) is -1.41. The molecular weight excluding hydrogens is 398 g/mol. The molecular formula is C20H16ClN3O5. The Hall–Kier alpha value is -3.52. The summed E-state index contributed by atoms with van der Waals surface area (Å²) in [5.41, 5.74) is 1.83. The number of aromatic nitrogens is 1. The molecule has 3 rings (SSSR count). The number of hydrogen-bond donors (Lipinski definition) is 1. The second-order valence-electron chi connectivity index (χ2n) is 6.26. The van der Waals surface area contributed by atoms with Gasteiger partial charge in [0.15, 0.2) is 6.61 Å². The van der Waals surface area contributed by atoms with Crippen LogP contribution in [-0.4, -0.2) is 28.4 Å². The number of carbonyl (C=O) groups is 2. The van der Waals surface area contributed by atoms with E-state index in [1.54, 1.807) is 13.8 Å². The van der Waals surface area contributed by atoms with Crippen LogP contribution < -0.4 is 5.32 Å². The van der Waals surface area contributed by atoms with Crippen molar-refractivity contribution in [1.82, 2.24) is 4.98 Å². The summed E-state index contributed by atoms with van der Waals surface area (Å²) >= 11 is 5.75. The highest BCUT2D eigenvalue weighted by Crippen LogP contribution is 2.28. The molecule has 3 aromatic rings. The predicted molar refractivity (Wildman–Crippen MR) is 108 cm³/mol. The van der Waals surface area contributed by atoms with Crippen molar-refractivity contribution in [2.45, 2.75) is 13.8 Å². The molecule has 2 aromatic carbocycles. The molecule has 0 aliphatic rings. The van der Waals surface area contributed by atoms with Crippen molar-refractivity contribution >= 4 is 45.8 Å². The molecule has 0 bridgehead atoms. The second kappa shape index (κ2) is 8.24. The molecule has 1 N–H and O–H groups in total. The maximum Gasteiger partial charge on any atom is 0.340 e. The number of para-hydroxylation sites is 1. The van der Waals surface area contributed by atoms with Crippen LogP contribution in [0.4, 0.5) is 11.4 Å². The van der Waals surface area contributed by atoms with Gasteiger partial charge in [-0.3, -0.25) is 19.9 Å². The van der Waals surface area contributed by atoms with E-state index in [-0.39, 0.29) is 22.0 Å². The summed E-state index contributed by atoms with van der Waals surface area (Å²) in [6.07, 6.45) is 0. The molecule has 8 nitrogen and oxygen atoms in total. The van der Waals surface area contributed by atoms with Gasteiger partial charge in [-0.25, -0.2) is 4.79 Å². The van der Waals surface area contributed by atoms with Gasteiger partial charge in [0.1, 0.15) is 5.69 Å². The maximum atomic E-state index is 12.5. The van der Waals surface area contributed by atoms with E-state index in [0.29, 0.717) is 11.3 Å². The van der Waals surface area contributed by atoms with Crippen LogP contribution in [-0.2, 0) is 9.53 Å². The van der Waals surface area contributed by atoms with Crippen molar-refractivity contribution < 1.29 is 19.2 Å². The highest BCUT2D eigenvalue weighted by molar-refractivity contribution is 6.31. The fourth-order valence-electron chi connectivity index (χ4n) is 2.98. The van der Waals surface area contributed by atoms with Crippen molar-refractivity contribution in [2.75, 3.05) is 11.9 Å². The number of esters is 1. The number of halogens is 1. The van der Waals surface area contributed by atoms with Crippen LogP contribution in [0.25, 0.3) is 10.9 Å². The van der Waals surface area contributed by atoms with Gasteiger partial charge in [-0.15, -0.1) is 0 Å². The number of rotatable bonds is 5. The zero-order chi connectivity index (χ0) is 21.1. The summed E-state index contributed by atoms with van der Waals surface area (Å²) < 4.78 is 5.11. The normalized spacial score (nSPS) is 10.6. The number of hydrogen-bond acceptors (Lipinski definition) is 6. The monoisotopic (exact) mass is 413 g/mol. The zero-order valence-corrected chi connectivity index (χ0v) is 16.3. The van der Waals surface area contributed by atoms with Crippen LogP contribution in [0.2, 0.25) is 5.02 Å². The van der Waals surface area contributed by atoms with E-state index in [1.807, 2.05) is 24.3 Å². The molecule has 1 amide bonds. The summed E-state index contributed by atoms with van der Waals surface area (Å²) in [4.78, 5) is 39.5. The first-order valence-corrected chi connectivity index (χ1v) is 8.92. The third-order valence-electron chi connectivity index (χ3n) is 4.30. The number of nitro groups is 1. The van der Waals surface area contributed by atoms with Crippen molar-refractivity contribution in [3.63, 3.8) is 0 Å². The number of ether oxygens (including phenoxy) is 1. The molecule has 0 fully saturated rings. The van der Waals surface area contributed by atoms with Crippen molar-refractivity contribution in [3.05, 3.63) is 74.4 Å². The number of benzene rings is 2. The van der Waals surface area contributed by atoms with E-state index in [9.17, 15) is 19.7 Å². The van der Waals surface area contributed by atoms with Crippen molar-refractivity contribution in [2.24, 2.45) is 0 Å². The van der Waals surface area contributed by atoms with E-state index in [1.165, 1.54) is 12.1 Å². The topological polar surface area (TPSA) is 111 Å². The fraction of sp³-hybridized carbons (Fsp3) is 0.150. The number of nitrogens with one attached hydrogen (secondary N) is 1. The minimum Gasteiger partial charge on any atom is -0.452 e. The van der Waals surface area contributed by atoms with Gasteiger partial charge in [0.2, 0.25) is 0 Å². The number of fused-ring (bicyclic) bond motifs is 1. The minimum absolute atomic E-state index is 0.0415. The number of nitrogens with zero attached hydrogens (tertiary/aromatic N) is 2. The van der Waals surface area contributed by atoms with E-state index >= 15 is 0 Å². The second-order valence-corrected chi connectivity index (χ2v) is 6.69. The quantitative estimate of drug-likeness (QED) is 0.381. The lowest BCUT2D eigenvalue weighted by Crippen LogP contribution is -2.22. The molecule has 0 unspecified atom stereocenters. The maximum absolute atomic E-state index is 12.5. The molecule has 0 atom stereocenters. The molecule has 9 heteroatoms. The molecule has 0 radical (unpaired) electrons. The standard InChI is InChI=1S/C20H16ClN3O5/c1-11-14-5-3-4-6-15(14)22-12(2)19(11)20(26)29-10-18(25)23-16-8-7-13(21)9-17(16)24(27)28/h3-9H,10H2,1-2H3,(H,23,25). The number of amides is 1. The molecule has 148 valence electrons. The van der Waals surface area contributed by atoms with Crippen LogP contribution in [0, 0.1) is 24.0 Å². The Labute approximate surface area is 170 Å². The molecule has 0 aliphatic heterocycles. The smallest absolute Gasteiger partial charge is 0.340 e. The Balaban J connectivity index is 1.74. The van der Waals surface area contributed by atoms with Crippen LogP contribution in [0.5, 0.6) is 0 Å². The number of nitro benzene ring substituents is 1. The lowest BCUT2D eigenvalue weighted by molar-refractivity contribution is -0.383. The van der Waals surface area contributed by atoms with Gasteiger partial charge < -0.3 is 10.1 Å². The van der Waals surface area contributed by atoms with Gasteiger partial charge >= 0.3 is 5.97 Å². The summed E-state index contributed by atoms with van der Waals surface area (Å²) in [6, 6.07) is 11.2. The lowest BCUT2D eigenvalue weighted by Gasteiger charge is -2.12. The average molecular weight is 414 g/mol. The molecule has 29 heavy (non-hydrogen) atoms. The largest absolute Gasteiger partial charge is 0.452 e. The molecule has 0 saturated heterocycles. The molecule has 0 spiro atoms. The van der Waals surface area contributed by atoms with E-state index in [0.717, 1.165) is 17.0 Å². The van der Waals surface area contributed by atoms with Crippen LogP contribution in [0.3, 0.4) is 0 Å². The van der Waals surface area contributed by atoms with Gasteiger partial charge in [-0.1, -0.05) is 29.8 Å². The summed E-state index contributed by atoms with van der Waals surface area (Å²) in [6.45, 7) is 2.86. The Morgan fingerprint density at radius 2 is 1.93 bits per heavy atom. The van der Waals surface area contributed by atoms with Gasteiger partial charge in [-0.2, -0.15) is 0 Å². The average Bonchev–Trinajstić information content (AvgIpc) is 2.67. The van der Waals surface area contributed by atoms with Gasteiger partial charge in [-0.05, 0) is 37.6 Å². The third-order valence-corrected chi connectivity index (χ3v) is 4.54. The van der Waals surface area contributed by atoms with Crippen molar-refractivity contribution in [3.8, 4) is 0 Å². The SMILES string of the molecule is Cc1nc2ccccc2c(C)c1C(=O)OCC(=O)Nc1ccc(Cl)cc1[N+](=O)[O-]. The van der Waals surface area contributed by atoms with Crippen LogP contribution in [0.1, 0.15) is 21.6 Å². The Morgan fingerprint density at radius 1 is 1.21 bits per heavy atom. The number of pyridine rings is 1. The molecule has 1 aromatic heterocycles. The van der Waals surface area contributed by atoms with E-state index < -0.39 is 23.4 Å². The highest BCUT2D eigenvalue weighted by Gasteiger charge is 2.20. The predicted octanol–water partition coefficient (Wildman–Crippen LogP) is 4.21. The third kappa shape index (κ3) is 4.33. The minimum atomic E-state index is -0.715. The van der Waals surface area contributed by atoms with Crippen LogP contribution >= 0.6 is 11.6 Å². The lowest BCUT2D eigenvalue weighted by atomic mass is 10.0. The molecule has 1 heterocycles. The number of anilines is 1. The Morgan fingerprint density at radius 3 is 2.66 bits per heavy atom. The zero-order valence-electron chi connectivity index (χ0n) is 15.6. The number of aryl methyl sites for hydroxylation is 2. The Kier molecular flexibility index (Phi) is 5.74. The van der Waals surface area contributed by atoms with E-state index in [2.05, 4.69) is 10.3 Å². The van der Waals surface area contributed by atoms with Gasteiger partial charge in [0.25, 0.3) is 11.6 Å². The number of carbonyl (C=O) groups excluding carboxylic acids is 2. The van der Waals surface area contributed by atoms with Crippen molar-refractivity contribution in [1.29, 1.82) is 0 Å².